The number of rotatable bonds is 6. The molecule has 0 aromatic heterocycles. The first-order chi connectivity index (χ1) is 11.4. The molecule has 3 nitrogen and oxygen atoms in total. The fourth-order valence-electron chi connectivity index (χ4n) is 2.90. The van der Waals surface area contributed by atoms with Gasteiger partial charge in [-0.3, -0.25) is 0 Å². The average Bonchev–Trinajstić information content (AvgIpc) is 3.39. The molecule has 2 atom stereocenters. The molecular formula is C20H25N3. The monoisotopic (exact) mass is 307 g/mol. The highest BCUT2D eigenvalue weighted by Crippen LogP contribution is 2.46. The molecule has 1 aliphatic carbocycles. The highest BCUT2D eigenvalue weighted by molar-refractivity contribution is 5.79. The van der Waals surface area contributed by atoms with Gasteiger partial charge in [0, 0.05) is 13.1 Å². The minimum atomic E-state index is 0.709. The molecule has 0 spiro atoms. The van der Waals surface area contributed by atoms with E-state index in [0.717, 1.165) is 25.0 Å². The van der Waals surface area contributed by atoms with Crippen molar-refractivity contribution < 1.29 is 0 Å². The second kappa shape index (κ2) is 7.82. The normalized spacial score (nSPS) is 20.1. The van der Waals surface area contributed by atoms with E-state index in [1.54, 1.807) is 0 Å². The van der Waals surface area contributed by atoms with Crippen LogP contribution in [0, 0.1) is 5.92 Å². The van der Waals surface area contributed by atoms with E-state index < -0.39 is 0 Å². The zero-order valence-electron chi connectivity index (χ0n) is 13.7. The zero-order chi connectivity index (χ0) is 15.9. The van der Waals surface area contributed by atoms with Gasteiger partial charge >= 0.3 is 0 Å². The lowest BCUT2D eigenvalue weighted by Gasteiger charge is -2.11. The molecule has 0 aliphatic heterocycles. The van der Waals surface area contributed by atoms with Crippen LogP contribution in [0.3, 0.4) is 0 Å². The molecule has 3 heteroatoms. The molecule has 0 saturated heterocycles. The lowest BCUT2D eigenvalue weighted by molar-refractivity contribution is 0.720. The van der Waals surface area contributed by atoms with Gasteiger partial charge in [0.05, 0.1) is 6.54 Å². The minimum Gasteiger partial charge on any atom is -0.357 e. The van der Waals surface area contributed by atoms with Gasteiger partial charge in [-0.2, -0.15) is 0 Å². The summed E-state index contributed by atoms with van der Waals surface area (Å²) in [5.74, 6) is 2.34. The van der Waals surface area contributed by atoms with Crippen LogP contribution in [0.2, 0.25) is 0 Å². The Kier molecular flexibility index (Phi) is 5.30. The van der Waals surface area contributed by atoms with E-state index in [1.807, 2.05) is 6.07 Å². The molecule has 2 unspecified atom stereocenters. The van der Waals surface area contributed by atoms with E-state index >= 15 is 0 Å². The van der Waals surface area contributed by atoms with Gasteiger partial charge in [0.2, 0.25) is 0 Å². The SMILES string of the molecule is CCNC(=NCc1ccccc1)NCC1CC1c1ccccc1. The third-order valence-electron chi connectivity index (χ3n) is 4.29. The highest BCUT2D eigenvalue weighted by atomic mass is 15.2. The predicted molar refractivity (Wildman–Crippen MR) is 96.6 cm³/mol. The second-order valence-corrected chi connectivity index (χ2v) is 6.07. The fraction of sp³-hybridized carbons (Fsp3) is 0.350. The molecule has 0 heterocycles. The Morgan fingerprint density at radius 1 is 1.00 bits per heavy atom. The van der Waals surface area contributed by atoms with E-state index in [1.165, 1.54) is 17.5 Å². The smallest absolute Gasteiger partial charge is 0.191 e. The van der Waals surface area contributed by atoms with Gasteiger partial charge in [-0.25, -0.2) is 4.99 Å². The van der Waals surface area contributed by atoms with E-state index in [9.17, 15) is 0 Å². The van der Waals surface area contributed by atoms with Crippen LogP contribution in [0.25, 0.3) is 0 Å². The largest absolute Gasteiger partial charge is 0.357 e. The number of guanidine groups is 1. The number of benzene rings is 2. The van der Waals surface area contributed by atoms with Gasteiger partial charge in [0.1, 0.15) is 0 Å². The molecule has 1 aliphatic rings. The van der Waals surface area contributed by atoms with Crippen molar-refractivity contribution in [3.05, 3.63) is 71.8 Å². The van der Waals surface area contributed by atoms with Crippen molar-refractivity contribution in [2.45, 2.75) is 25.8 Å². The van der Waals surface area contributed by atoms with Crippen LogP contribution >= 0.6 is 0 Å². The summed E-state index contributed by atoms with van der Waals surface area (Å²) in [7, 11) is 0. The Labute approximate surface area is 138 Å². The van der Waals surface area contributed by atoms with Crippen LogP contribution in [0.1, 0.15) is 30.4 Å². The zero-order valence-corrected chi connectivity index (χ0v) is 13.7. The molecule has 2 aromatic carbocycles. The first kappa shape index (κ1) is 15.6. The molecule has 0 bridgehead atoms. The molecular weight excluding hydrogens is 282 g/mol. The summed E-state index contributed by atoms with van der Waals surface area (Å²) in [6.07, 6.45) is 1.27. The van der Waals surface area contributed by atoms with Gasteiger partial charge in [0.25, 0.3) is 0 Å². The molecule has 2 aromatic rings. The number of hydrogen-bond donors (Lipinski definition) is 2. The van der Waals surface area contributed by atoms with E-state index in [0.29, 0.717) is 12.5 Å². The van der Waals surface area contributed by atoms with Crippen LogP contribution in [0.15, 0.2) is 65.7 Å². The standard InChI is InChI=1S/C20H25N3/c1-2-21-20(22-14-16-9-5-3-6-10-16)23-15-18-13-19(18)17-11-7-4-8-12-17/h3-12,18-19H,2,13-15H2,1H3,(H2,21,22,23). The summed E-state index contributed by atoms with van der Waals surface area (Å²) < 4.78 is 0. The van der Waals surface area contributed by atoms with Crippen molar-refractivity contribution in [2.24, 2.45) is 10.9 Å². The second-order valence-electron chi connectivity index (χ2n) is 6.07. The summed E-state index contributed by atoms with van der Waals surface area (Å²) in [6.45, 7) is 4.68. The van der Waals surface area contributed by atoms with Crippen molar-refractivity contribution >= 4 is 5.96 Å². The first-order valence-electron chi connectivity index (χ1n) is 8.48. The summed E-state index contributed by atoms with van der Waals surface area (Å²) in [4.78, 5) is 4.68. The molecule has 2 N–H and O–H groups in total. The average molecular weight is 307 g/mol. The van der Waals surface area contributed by atoms with Gasteiger partial charge in [0.15, 0.2) is 5.96 Å². The van der Waals surface area contributed by atoms with Crippen molar-refractivity contribution in [2.75, 3.05) is 13.1 Å². The Balaban J connectivity index is 1.50. The third-order valence-corrected chi connectivity index (χ3v) is 4.29. The number of hydrogen-bond acceptors (Lipinski definition) is 1. The number of nitrogens with zero attached hydrogens (tertiary/aromatic N) is 1. The van der Waals surface area contributed by atoms with Gasteiger partial charge in [-0.15, -0.1) is 0 Å². The topological polar surface area (TPSA) is 36.4 Å². The van der Waals surface area contributed by atoms with Gasteiger partial charge in [-0.05, 0) is 36.3 Å². The lowest BCUT2D eigenvalue weighted by Crippen LogP contribution is -2.38. The van der Waals surface area contributed by atoms with Crippen molar-refractivity contribution in [3.8, 4) is 0 Å². The van der Waals surface area contributed by atoms with Crippen LogP contribution in [0.4, 0.5) is 0 Å². The molecule has 0 radical (unpaired) electrons. The maximum absolute atomic E-state index is 4.68. The molecule has 0 amide bonds. The van der Waals surface area contributed by atoms with Crippen LogP contribution in [0.5, 0.6) is 0 Å². The van der Waals surface area contributed by atoms with Gasteiger partial charge < -0.3 is 10.6 Å². The van der Waals surface area contributed by atoms with Crippen molar-refractivity contribution in [1.29, 1.82) is 0 Å². The summed E-state index contributed by atoms with van der Waals surface area (Å²) in [6, 6.07) is 21.2. The molecule has 23 heavy (non-hydrogen) atoms. The van der Waals surface area contributed by atoms with E-state index in [2.05, 4.69) is 77.1 Å². The van der Waals surface area contributed by atoms with Crippen LogP contribution in [-0.4, -0.2) is 19.0 Å². The predicted octanol–water partition coefficient (Wildman–Crippen LogP) is 3.55. The van der Waals surface area contributed by atoms with Crippen LogP contribution in [-0.2, 0) is 6.54 Å². The Morgan fingerprint density at radius 3 is 2.39 bits per heavy atom. The molecule has 120 valence electrons. The molecule has 1 fully saturated rings. The van der Waals surface area contributed by atoms with Crippen LogP contribution < -0.4 is 10.6 Å². The summed E-state index contributed by atoms with van der Waals surface area (Å²) in [5.41, 5.74) is 2.70. The maximum atomic E-state index is 4.68. The van der Waals surface area contributed by atoms with E-state index in [4.69, 9.17) is 0 Å². The van der Waals surface area contributed by atoms with Crippen molar-refractivity contribution in [1.82, 2.24) is 10.6 Å². The fourth-order valence-corrected chi connectivity index (χ4v) is 2.90. The lowest BCUT2D eigenvalue weighted by atomic mass is 10.1. The van der Waals surface area contributed by atoms with Crippen molar-refractivity contribution in [3.63, 3.8) is 0 Å². The highest BCUT2D eigenvalue weighted by Gasteiger charge is 2.37. The third kappa shape index (κ3) is 4.59. The quantitative estimate of drug-likeness (QED) is 0.632. The Morgan fingerprint density at radius 2 is 1.70 bits per heavy atom. The minimum absolute atomic E-state index is 0.709. The molecule has 3 rings (SSSR count). The number of aliphatic imine (C=N–C) groups is 1. The first-order valence-corrected chi connectivity index (χ1v) is 8.48. The molecule has 1 saturated carbocycles. The van der Waals surface area contributed by atoms with Gasteiger partial charge in [-0.1, -0.05) is 60.7 Å². The maximum Gasteiger partial charge on any atom is 0.191 e. The van der Waals surface area contributed by atoms with E-state index in [-0.39, 0.29) is 0 Å². The summed E-state index contributed by atoms with van der Waals surface area (Å²) >= 11 is 0. The summed E-state index contributed by atoms with van der Waals surface area (Å²) in [5, 5.41) is 6.82. The Bertz CT molecular complexity index is 622. The Hall–Kier alpha value is -2.29. The number of nitrogens with one attached hydrogen (secondary N) is 2.